The first-order chi connectivity index (χ1) is 12.1. The van der Waals surface area contributed by atoms with Crippen molar-refractivity contribution >= 4 is 17.7 Å². The minimum atomic E-state index is 0.105. The van der Waals surface area contributed by atoms with Crippen LogP contribution in [0.5, 0.6) is 11.5 Å². The predicted molar refractivity (Wildman–Crippen MR) is 101 cm³/mol. The van der Waals surface area contributed by atoms with Gasteiger partial charge in [0.05, 0.1) is 20.0 Å². The fourth-order valence-electron chi connectivity index (χ4n) is 3.10. The van der Waals surface area contributed by atoms with Crippen LogP contribution in [-0.2, 0) is 11.2 Å². The Bertz CT molecular complexity index is 762. The first-order valence-corrected chi connectivity index (χ1v) is 9.36. The zero-order valence-electron chi connectivity index (χ0n) is 14.8. The summed E-state index contributed by atoms with van der Waals surface area (Å²) in [7, 11) is 3.26. The lowest BCUT2D eigenvalue weighted by Gasteiger charge is -2.25. The Balaban J connectivity index is 1.75. The summed E-state index contributed by atoms with van der Waals surface area (Å²) in [5.74, 6) is 2.19. The van der Waals surface area contributed by atoms with E-state index < -0.39 is 0 Å². The lowest BCUT2D eigenvalue weighted by molar-refractivity contribution is -0.128. The van der Waals surface area contributed by atoms with Gasteiger partial charge in [-0.1, -0.05) is 30.3 Å². The van der Waals surface area contributed by atoms with Crippen molar-refractivity contribution in [3.05, 3.63) is 59.2 Å². The van der Waals surface area contributed by atoms with Crippen LogP contribution in [0.1, 0.15) is 22.1 Å². The second kappa shape index (κ2) is 7.83. The molecule has 3 rings (SSSR count). The fourth-order valence-corrected chi connectivity index (χ4v) is 4.42. The van der Waals surface area contributed by atoms with Crippen LogP contribution in [0.3, 0.4) is 0 Å². The number of thioether (sulfide) groups is 1. The van der Waals surface area contributed by atoms with Crippen molar-refractivity contribution in [2.45, 2.75) is 18.7 Å². The number of ether oxygens (including phenoxy) is 2. The first kappa shape index (κ1) is 17.7. The Morgan fingerprint density at radius 3 is 2.60 bits per heavy atom. The number of carbonyl (C=O) groups excluding carboxylic acids is 1. The van der Waals surface area contributed by atoms with E-state index >= 15 is 0 Å². The van der Waals surface area contributed by atoms with Gasteiger partial charge in [-0.25, -0.2) is 0 Å². The quantitative estimate of drug-likeness (QED) is 0.788. The molecule has 1 saturated heterocycles. The molecule has 5 heteroatoms. The molecule has 1 atom stereocenters. The van der Waals surface area contributed by atoms with E-state index in [1.807, 2.05) is 35.2 Å². The van der Waals surface area contributed by atoms with E-state index in [4.69, 9.17) is 9.47 Å². The molecule has 1 fully saturated rings. The third-order valence-corrected chi connectivity index (χ3v) is 5.75. The molecule has 1 aliphatic rings. The van der Waals surface area contributed by atoms with Gasteiger partial charge in [-0.05, 0) is 42.2 Å². The second-order valence-electron chi connectivity index (χ2n) is 6.05. The Labute approximate surface area is 153 Å². The molecule has 1 unspecified atom stereocenters. The number of hydrogen-bond acceptors (Lipinski definition) is 4. The van der Waals surface area contributed by atoms with E-state index in [1.54, 1.807) is 26.0 Å². The molecule has 132 valence electrons. The van der Waals surface area contributed by atoms with Crippen LogP contribution in [0, 0.1) is 6.92 Å². The zero-order chi connectivity index (χ0) is 17.8. The van der Waals surface area contributed by atoms with Crippen molar-refractivity contribution in [2.24, 2.45) is 0 Å². The summed E-state index contributed by atoms with van der Waals surface area (Å²) in [4.78, 5) is 14.4. The molecule has 2 aromatic carbocycles. The monoisotopic (exact) mass is 357 g/mol. The van der Waals surface area contributed by atoms with Crippen molar-refractivity contribution in [1.29, 1.82) is 0 Å². The highest BCUT2D eigenvalue weighted by molar-refractivity contribution is 8.00. The Kier molecular flexibility index (Phi) is 5.53. The van der Waals surface area contributed by atoms with Gasteiger partial charge >= 0.3 is 0 Å². The largest absolute Gasteiger partial charge is 0.493 e. The predicted octanol–water partition coefficient (Wildman–Crippen LogP) is 3.83. The second-order valence-corrected chi connectivity index (χ2v) is 7.11. The van der Waals surface area contributed by atoms with Crippen molar-refractivity contribution in [2.75, 3.05) is 26.5 Å². The van der Waals surface area contributed by atoms with Gasteiger partial charge in [-0.15, -0.1) is 11.8 Å². The van der Waals surface area contributed by atoms with Gasteiger partial charge in [0.15, 0.2) is 11.5 Å². The van der Waals surface area contributed by atoms with E-state index in [-0.39, 0.29) is 11.3 Å². The van der Waals surface area contributed by atoms with Crippen molar-refractivity contribution < 1.29 is 14.3 Å². The molecule has 0 aliphatic carbocycles. The van der Waals surface area contributed by atoms with Crippen LogP contribution in [0.2, 0.25) is 0 Å². The summed E-state index contributed by atoms with van der Waals surface area (Å²) in [6.45, 7) is 2.80. The third kappa shape index (κ3) is 3.76. The van der Waals surface area contributed by atoms with Crippen molar-refractivity contribution in [3.8, 4) is 11.5 Å². The van der Waals surface area contributed by atoms with Crippen LogP contribution < -0.4 is 9.47 Å². The van der Waals surface area contributed by atoms with Gasteiger partial charge in [-0.3, -0.25) is 4.79 Å². The molecular weight excluding hydrogens is 334 g/mol. The minimum Gasteiger partial charge on any atom is -0.493 e. The maximum atomic E-state index is 12.4. The van der Waals surface area contributed by atoms with Gasteiger partial charge < -0.3 is 14.4 Å². The summed E-state index contributed by atoms with van der Waals surface area (Å²) in [6, 6.07) is 14.2. The average Bonchev–Trinajstić information content (AvgIpc) is 3.00. The molecule has 1 heterocycles. The van der Waals surface area contributed by atoms with Crippen molar-refractivity contribution in [3.63, 3.8) is 0 Å². The number of rotatable bonds is 6. The summed E-state index contributed by atoms with van der Waals surface area (Å²) < 4.78 is 10.6. The molecule has 4 nitrogen and oxygen atoms in total. The Morgan fingerprint density at radius 1 is 1.12 bits per heavy atom. The van der Waals surface area contributed by atoms with Gasteiger partial charge in [0.25, 0.3) is 0 Å². The highest BCUT2D eigenvalue weighted by Gasteiger charge is 2.33. The number of benzene rings is 2. The minimum absolute atomic E-state index is 0.105. The molecule has 0 aromatic heterocycles. The number of nitrogens with zero attached hydrogens (tertiary/aromatic N) is 1. The van der Waals surface area contributed by atoms with Crippen LogP contribution in [0.25, 0.3) is 0 Å². The molecule has 1 amide bonds. The molecule has 25 heavy (non-hydrogen) atoms. The number of methoxy groups -OCH3 is 2. The molecule has 0 bridgehead atoms. The summed E-state index contributed by atoms with van der Waals surface area (Å²) in [6.07, 6.45) is 0.787. The summed E-state index contributed by atoms with van der Waals surface area (Å²) in [5, 5.41) is 0.105. The van der Waals surface area contributed by atoms with Crippen LogP contribution in [-0.4, -0.2) is 37.3 Å². The number of amides is 1. The van der Waals surface area contributed by atoms with E-state index in [9.17, 15) is 4.79 Å². The highest BCUT2D eigenvalue weighted by Crippen LogP contribution is 2.40. The SMILES string of the molecule is COc1ccc(CCN2C(=O)CSC2c2ccccc2C)cc1OC. The topological polar surface area (TPSA) is 38.8 Å². The van der Waals surface area contributed by atoms with E-state index in [1.165, 1.54) is 11.1 Å². The Morgan fingerprint density at radius 2 is 1.88 bits per heavy atom. The van der Waals surface area contributed by atoms with Crippen LogP contribution in [0.15, 0.2) is 42.5 Å². The van der Waals surface area contributed by atoms with Gasteiger partial charge in [0.2, 0.25) is 5.91 Å². The molecule has 0 spiro atoms. The molecule has 0 radical (unpaired) electrons. The molecule has 0 N–H and O–H groups in total. The van der Waals surface area contributed by atoms with E-state index in [0.717, 1.165) is 23.5 Å². The van der Waals surface area contributed by atoms with Gasteiger partial charge in [0, 0.05) is 6.54 Å². The smallest absolute Gasteiger partial charge is 0.233 e. The van der Waals surface area contributed by atoms with Gasteiger partial charge in [0.1, 0.15) is 5.37 Å². The van der Waals surface area contributed by atoms with Crippen LogP contribution in [0.4, 0.5) is 0 Å². The molecule has 0 saturated carbocycles. The number of carbonyl (C=O) groups is 1. The maximum Gasteiger partial charge on any atom is 0.233 e. The summed E-state index contributed by atoms with van der Waals surface area (Å²) in [5.41, 5.74) is 3.59. The molecule has 2 aromatic rings. The third-order valence-electron chi connectivity index (χ3n) is 4.51. The van der Waals surface area contributed by atoms with Crippen LogP contribution >= 0.6 is 11.8 Å². The lowest BCUT2D eigenvalue weighted by Crippen LogP contribution is -2.30. The molecular formula is C20H23NO3S. The average molecular weight is 357 g/mol. The first-order valence-electron chi connectivity index (χ1n) is 8.31. The Hall–Kier alpha value is -2.14. The lowest BCUT2D eigenvalue weighted by atomic mass is 10.1. The van der Waals surface area contributed by atoms with E-state index in [2.05, 4.69) is 19.1 Å². The van der Waals surface area contributed by atoms with Gasteiger partial charge in [-0.2, -0.15) is 0 Å². The van der Waals surface area contributed by atoms with E-state index in [0.29, 0.717) is 12.3 Å². The fraction of sp³-hybridized carbons (Fsp3) is 0.350. The zero-order valence-corrected chi connectivity index (χ0v) is 15.6. The normalized spacial score (nSPS) is 17.0. The standard InChI is InChI=1S/C20H23NO3S/c1-14-6-4-5-7-16(14)20-21(19(22)13-25-20)11-10-15-8-9-17(23-2)18(12-15)24-3/h4-9,12,20H,10-11,13H2,1-3H3. The highest BCUT2D eigenvalue weighted by atomic mass is 32.2. The summed E-state index contributed by atoms with van der Waals surface area (Å²) >= 11 is 1.71. The van der Waals surface area contributed by atoms with Crippen molar-refractivity contribution in [1.82, 2.24) is 4.90 Å². The maximum absolute atomic E-state index is 12.4. The number of hydrogen-bond donors (Lipinski definition) is 0. The molecule has 1 aliphatic heterocycles. The number of aryl methyl sites for hydroxylation is 1.